The van der Waals surface area contributed by atoms with Crippen molar-refractivity contribution in [1.82, 2.24) is 9.97 Å². The summed E-state index contributed by atoms with van der Waals surface area (Å²) in [5.41, 5.74) is -0.987. The number of hydrogen-bond acceptors (Lipinski definition) is 5. The molecule has 0 fully saturated rings. The Morgan fingerprint density at radius 3 is 2.52 bits per heavy atom. The van der Waals surface area contributed by atoms with Gasteiger partial charge in [-0.05, 0) is 18.8 Å². The normalized spacial score (nSPS) is 13.0. The van der Waals surface area contributed by atoms with Crippen molar-refractivity contribution in [3.05, 3.63) is 11.8 Å². The van der Waals surface area contributed by atoms with Crippen LogP contribution in [0.1, 0.15) is 31.9 Å². The SMILES string of the molecule is CCCC(CCO)CNc1cc(C(F)(F)F)nc(NC)n1. The van der Waals surface area contributed by atoms with E-state index < -0.39 is 11.9 Å². The number of aliphatic hydroxyl groups is 1. The second-order valence-electron chi connectivity index (χ2n) is 4.76. The van der Waals surface area contributed by atoms with E-state index in [1.807, 2.05) is 6.92 Å². The highest BCUT2D eigenvalue weighted by Gasteiger charge is 2.33. The quantitative estimate of drug-likeness (QED) is 0.689. The number of rotatable bonds is 8. The summed E-state index contributed by atoms with van der Waals surface area (Å²) in [6.07, 6.45) is -2.06. The van der Waals surface area contributed by atoms with Crippen LogP contribution >= 0.6 is 0 Å². The van der Waals surface area contributed by atoms with Crippen LogP contribution in [0.25, 0.3) is 0 Å². The van der Waals surface area contributed by atoms with Crippen LogP contribution in [-0.4, -0.2) is 35.3 Å². The minimum absolute atomic E-state index is 0.0612. The Kier molecular flexibility index (Phi) is 6.67. The van der Waals surface area contributed by atoms with Crippen molar-refractivity contribution in [2.24, 2.45) is 5.92 Å². The smallest absolute Gasteiger partial charge is 0.396 e. The molecule has 0 aromatic carbocycles. The Morgan fingerprint density at radius 1 is 1.29 bits per heavy atom. The maximum Gasteiger partial charge on any atom is 0.433 e. The van der Waals surface area contributed by atoms with Crippen LogP contribution in [0, 0.1) is 5.92 Å². The number of halogens is 3. The van der Waals surface area contributed by atoms with Gasteiger partial charge in [0.1, 0.15) is 5.82 Å². The minimum Gasteiger partial charge on any atom is -0.396 e. The lowest BCUT2D eigenvalue weighted by atomic mass is 10.0. The van der Waals surface area contributed by atoms with Gasteiger partial charge in [-0.15, -0.1) is 0 Å². The summed E-state index contributed by atoms with van der Waals surface area (Å²) >= 11 is 0. The molecule has 1 aromatic rings. The predicted molar refractivity (Wildman–Crippen MR) is 75.2 cm³/mol. The molecule has 0 radical (unpaired) electrons. The van der Waals surface area contributed by atoms with Crippen molar-refractivity contribution in [2.45, 2.75) is 32.4 Å². The number of alkyl halides is 3. The van der Waals surface area contributed by atoms with Crippen LogP contribution in [0.2, 0.25) is 0 Å². The largest absolute Gasteiger partial charge is 0.433 e. The molecule has 0 aliphatic rings. The summed E-state index contributed by atoms with van der Waals surface area (Å²) in [6.45, 7) is 2.55. The van der Waals surface area contributed by atoms with Gasteiger partial charge < -0.3 is 15.7 Å². The van der Waals surface area contributed by atoms with Gasteiger partial charge in [-0.25, -0.2) is 4.98 Å². The van der Waals surface area contributed by atoms with Crippen molar-refractivity contribution in [2.75, 3.05) is 30.8 Å². The number of nitrogens with zero attached hydrogens (tertiary/aromatic N) is 2. The molecule has 5 nitrogen and oxygen atoms in total. The zero-order valence-electron chi connectivity index (χ0n) is 12.2. The molecule has 1 heterocycles. The van der Waals surface area contributed by atoms with E-state index in [0.29, 0.717) is 13.0 Å². The first-order chi connectivity index (χ1) is 9.90. The van der Waals surface area contributed by atoms with Crippen LogP contribution in [0.4, 0.5) is 24.9 Å². The van der Waals surface area contributed by atoms with Crippen molar-refractivity contribution in [3.8, 4) is 0 Å². The second-order valence-corrected chi connectivity index (χ2v) is 4.76. The molecule has 0 aliphatic heterocycles. The number of anilines is 2. The van der Waals surface area contributed by atoms with Crippen LogP contribution in [0.3, 0.4) is 0 Å². The van der Waals surface area contributed by atoms with Crippen molar-refractivity contribution in [1.29, 1.82) is 0 Å². The molecule has 8 heteroatoms. The lowest BCUT2D eigenvalue weighted by Crippen LogP contribution is -2.18. The molecule has 0 spiro atoms. The number of aliphatic hydroxyl groups excluding tert-OH is 1. The molecule has 1 unspecified atom stereocenters. The van der Waals surface area contributed by atoms with Crippen molar-refractivity contribution in [3.63, 3.8) is 0 Å². The Bertz CT molecular complexity index is 434. The fraction of sp³-hybridized carbons (Fsp3) is 0.692. The molecule has 21 heavy (non-hydrogen) atoms. The highest BCUT2D eigenvalue weighted by molar-refractivity contribution is 5.42. The zero-order chi connectivity index (χ0) is 15.9. The third kappa shape index (κ3) is 5.74. The Balaban J connectivity index is 2.82. The summed E-state index contributed by atoms with van der Waals surface area (Å²) < 4.78 is 38.2. The highest BCUT2D eigenvalue weighted by Crippen LogP contribution is 2.29. The lowest BCUT2D eigenvalue weighted by molar-refractivity contribution is -0.141. The van der Waals surface area contributed by atoms with E-state index in [9.17, 15) is 13.2 Å². The zero-order valence-corrected chi connectivity index (χ0v) is 12.2. The van der Waals surface area contributed by atoms with Gasteiger partial charge in [-0.1, -0.05) is 13.3 Å². The molecule has 1 atom stereocenters. The first-order valence-corrected chi connectivity index (χ1v) is 6.89. The molecule has 0 saturated heterocycles. The Hall–Kier alpha value is -1.57. The fourth-order valence-corrected chi connectivity index (χ4v) is 1.98. The summed E-state index contributed by atoms with van der Waals surface area (Å²) in [5.74, 6) is 0.240. The van der Waals surface area contributed by atoms with Crippen LogP contribution in [0.5, 0.6) is 0 Å². The molecule has 1 aromatic heterocycles. The van der Waals surface area contributed by atoms with Crippen LogP contribution in [0.15, 0.2) is 6.07 Å². The average molecular weight is 306 g/mol. The van der Waals surface area contributed by atoms with E-state index in [-0.39, 0.29) is 24.3 Å². The molecule has 0 aliphatic carbocycles. The predicted octanol–water partition coefficient (Wildman–Crippen LogP) is 2.75. The Labute approximate surface area is 122 Å². The third-order valence-corrected chi connectivity index (χ3v) is 3.05. The topological polar surface area (TPSA) is 70.1 Å². The molecular formula is C13H21F3N4O. The number of nitrogens with one attached hydrogen (secondary N) is 2. The first kappa shape index (κ1) is 17.5. The second kappa shape index (κ2) is 8.02. The van der Waals surface area contributed by atoms with Gasteiger partial charge in [0.05, 0.1) is 0 Å². The van der Waals surface area contributed by atoms with Gasteiger partial charge in [-0.2, -0.15) is 18.2 Å². The fourth-order valence-electron chi connectivity index (χ4n) is 1.98. The molecular weight excluding hydrogens is 285 g/mol. The number of aromatic nitrogens is 2. The van der Waals surface area contributed by atoms with E-state index >= 15 is 0 Å². The van der Waals surface area contributed by atoms with Crippen LogP contribution in [-0.2, 0) is 6.18 Å². The molecule has 0 amide bonds. The molecule has 0 bridgehead atoms. The molecule has 3 N–H and O–H groups in total. The van der Waals surface area contributed by atoms with Gasteiger partial charge in [0.2, 0.25) is 5.95 Å². The van der Waals surface area contributed by atoms with Crippen LogP contribution < -0.4 is 10.6 Å². The van der Waals surface area contributed by atoms with E-state index in [0.717, 1.165) is 18.9 Å². The monoisotopic (exact) mass is 306 g/mol. The van der Waals surface area contributed by atoms with Gasteiger partial charge in [-0.3, -0.25) is 0 Å². The minimum atomic E-state index is -4.51. The van der Waals surface area contributed by atoms with E-state index in [2.05, 4.69) is 20.6 Å². The maximum atomic E-state index is 12.7. The summed E-state index contributed by atoms with van der Waals surface area (Å²) in [4.78, 5) is 7.36. The number of hydrogen-bond donors (Lipinski definition) is 3. The summed E-state index contributed by atoms with van der Waals surface area (Å²) in [5, 5.41) is 14.4. The van der Waals surface area contributed by atoms with Crippen molar-refractivity contribution >= 4 is 11.8 Å². The lowest BCUT2D eigenvalue weighted by Gasteiger charge is -2.17. The molecule has 0 saturated carbocycles. The maximum absolute atomic E-state index is 12.7. The van der Waals surface area contributed by atoms with Gasteiger partial charge in [0.25, 0.3) is 0 Å². The van der Waals surface area contributed by atoms with Crippen molar-refractivity contribution < 1.29 is 18.3 Å². The third-order valence-electron chi connectivity index (χ3n) is 3.05. The summed E-state index contributed by atoms with van der Waals surface area (Å²) in [6, 6.07) is 0.892. The van der Waals surface area contributed by atoms with E-state index in [4.69, 9.17) is 5.11 Å². The standard InChI is InChI=1S/C13H21F3N4O/c1-3-4-9(5-6-21)8-18-11-7-10(13(14,15)16)19-12(17-2)20-11/h7,9,21H,3-6,8H2,1-2H3,(H2,17,18,19,20). The summed E-state index contributed by atoms with van der Waals surface area (Å²) in [7, 11) is 1.46. The Morgan fingerprint density at radius 2 is 2.00 bits per heavy atom. The van der Waals surface area contributed by atoms with Gasteiger partial charge in [0, 0.05) is 26.3 Å². The first-order valence-electron chi connectivity index (χ1n) is 6.89. The van der Waals surface area contributed by atoms with E-state index in [1.165, 1.54) is 7.05 Å². The highest BCUT2D eigenvalue weighted by atomic mass is 19.4. The van der Waals surface area contributed by atoms with Gasteiger partial charge in [0.15, 0.2) is 5.69 Å². The van der Waals surface area contributed by atoms with E-state index in [1.54, 1.807) is 0 Å². The average Bonchev–Trinajstić information content (AvgIpc) is 2.44. The molecule has 120 valence electrons. The van der Waals surface area contributed by atoms with Gasteiger partial charge >= 0.3 is 6.18 Å². The molecule has 1 rings (SSSR count).